The number of methoxy groups -OCH3 is 1. The van der Waals surface area contributed by atoms with E-state index in [4.69, 9.17) is 9.47 Å². The van der Waals surface area contributed by atoms with Crippen LogP contribution in [0.4, 0.5) is 0 Å². The molecule has 0 spiro atoms. The fraction of sp³-hybridized carbons (Fsp3) is 0.944. The zero-order valence-electron chi connectivity index (χ0n) is 15.9. The van der Waals surface area contributed by atoms with Gasteiger partial charge in [0, 0.05) is 12.5 Å². The smallest absolute Gasteiger partial charge is 0.227 e. The van der Waals surface area contributed by atoms with Gasteiger partial charge in [-0.3, -0.25) is 4.79 Å². The van der Waals surface area contributed by atoms with Crippen molar-refractivity contribution in [2.45, 2.75) is 86.7 Å². The number of ether oxygens (including phenoxy) is 2. The number of nitrogens with one attached hydrogen (secondary N) is 1. The number of rotatable bonds is 3. The summed E-state index contributed by atoms with van der Waals surface area (Å²) < 4.78 is 11.9. The molecule has 22 heavy (non-hydrogen) atoms. The third-order valence-corrected chi connectivity index (χ3v) is 4.43. The van der Waals surface area contributed by atoms with Gasteiger partial charge in [0.15, 0.2) is 6.23 Å². The molecule has 1 aliphatic rings. The monoisotopic (exact) mass is 313 g/mol. The lowest BCUT2D eigenvalue weighted by molar-refractivity contribution is -0.199. The number of amides is 1. The molecule has 130 valence electrons. The maximum atomic E-state index is 12.2. The van der Waals surface area contributed by atoms with Crippen LogP contribution < -0.4 is 5.32 Å². The van der Waals surface area contributed by atoms with E-state index in [0.29, 0.717) is 0 Å². The van der Waals surface area contributed by atoms with Gasteiger partial charge in [-0.1, -0.05) is 55.4 Å². The molecule has 1 unspecified atom stereocenters. The van der Waals surface area contributed by atoms with Crippen LogP contribution in [0.2, 0.25) is 0 Å². The first-order valence-electron chi connectivity index (χ1n) is 8.28. The van der Waals surface area contributed by atoms with Crippen molar-refractivity contribution in [1.82, 2.24) is 5.32 Å². The molecule has 1 amide bonds. The van der Waals surface area contributed by atoms with Crippen molar-refractivity contribution in [3.8, 4) is 0 Å². The Morgan fingerprint density at radius 1 is 1.23 bits per heavy atom. The van der Waals surface area contributed by atoms with E-state index in [1.807, 2.05) is 20.8 Å². The highest BCUT2D eigenvalue weighted by Gasteiger charge is 2.46. The molecule has 0 aromatic rings. The fourth-order valence-corrected chi connectivity index (χ4v) is 3.32. The molecule has 0 bridgehead atoms. The van der Waals surface area contributed by atoms with Crippen molar-refractivity contribution in [2.24, 2.45) is 16.2 Å². The second-order valence-electron chi connectivity index (χ2n) is 9.33. The Morgan fingerprint density at radius 3 is 2.18 bits per heavy atom. The Bertz CT molecular complexity index is 390. The van der Waals surface area contributed by atoms with Crippen LogP contribution in [0, 0.1) is 16.2 Å². The van der Waals surface area contributed by atoms with E-state index >= 15 is 0 Å². The highest BCUT2D eigenvalue weighted by atomic mass is 16.6. The normalized spacial score (nSPS) is 27.3. The van der Waals surface area contributed by atoms with Gasteiger partial charge < -0.3 is 14.8 Å². The Labute approximate surface area is 136 Å². The van der Waals surface area contributed by atoms with Gasteiger partial charge in [0.1, 0.15) is 6.10 Å². The highest BCUT2D eigenvalue weighted by Crippen LogP contribution is 2.44. The summed E-state index contributed by atoms with van der Waals surface area (Å²) in [7, 11) is 1.63. The van der Waals surface area contributed by atoms with Gasteiger partial charge >= 0.3 is 0 Å². The lowest BCUT2D eigenvalue weighted by Gasteiger charge is -2.49. The van der Waals surface area contributed by atoms with Crippen LogP contribution in [-0.2, 0) is 14.3 Å². The summed E-state index contributed by atoms with van der Waals surface area (Å²) in [6.45, 7) is 16.8. The second-order valence-corrected chi connectivity index (χ2v) is 9.33. The maximum Gasteiger partial charge on any atom is 0.227 e. The minimum absolute atomic E-state index is 0.0138. The second kappa shape index (κ2) is 6.48. The van der Waals surface area contributed by atoms with E-state index in [9.17, 15) is 4.79 Å². The van der Waals surface area contributed by atoms with Gasteiger partial charge in [0.25, 0.3) is 0 Å². The summed E-state index contributed by atoms with van der Waals surface area (Å²) in [4.78, 5) is 12.2. The highest BCUT2D eigenvalue weighted by molar-refractivity contribution is 5.81. The lowest BCUT2D eigenvalue weighted by atomic mass is 9.68. The van der Waals surface area contributed by atoms with Gasteiger partial charge in [0.05, 0.1) is 6.10 Å². The first-order chi connectivity index (χ1) is 9.79. The summed E-state index contributed by atoms with van der Waals surface area (Å²) in [5.74, 6) is -0.0138. The minimum atomic E-state index is -0.436. The van der Waals surface area contributed by atoms with Crippen LogP contribution in [0.25, 0.3) is 0 Å². The van der Waals surface area contributed by atoms with E-state index in [2.05, 4.69) is 39.9 Å². The minimum Gasteiger partial charge on any atom is -0.369 e. The molecule has 0 aromatic carbocycles. The molecule has 4 nitrogen and oxygen atoms in total. The van der Waals surface area contributed by atoms with Crippen molar-refractivity contribution < 1.29 is 14.3 Å². The topological polar surface area (TPSA) is 47.6 Å². The van der Waals surface area contributed by atoms with Crippen LogP contribution >= 0.6 is 0 Å². The molecule has 0 aliphatic carbocycles. The van der Waals surface area contributed by atoms with Crippen molar-refractivity contribution >= 4 is 5.91 Å². The van der Waals surface area contributed by atoms with Crippen LogP contribution in [0.1, 0.15) is 68.2 Å². The maximum absolute atomic E-state index is 12.2. The molecule has 1 fully saturated rings. The van der Waals surface area contributed by atoms with Crippen LogP contribution in [0.15, 0.2) is 0 Å². The largest absolute Gasteiger partial charge is 0.369 e. The Kier molecular flexibility index (Phi) is 5.73. The Balaban J connectivity index is 2.85. The van der Waals surface area contributed by atoms with Gasteiger partial charge in [-0.05, 0) is 23.7 Å². The summed E-state index contributed by atoms with van der Waals surface area (Å²) >= 11 is 0. The molecule has 1 saturated heterocycles. The van der Waals surface area contributed by atoms with Crippen LogP contribution in [0.5, 0.6) is 0 Å². The molecular weight excluding hydrogens is 278 g/mol. The number of carbonyl (C=O) groups excluding carboxylic acids is 1. The van der Waals surface area contributed by atoms with E-state index in [1.54, 1.807) is 7.11 Å². The number of carbonyl (C=O) groups is 1. The summed E-state index contributed by atoms with van der Waals surface area (Å²) in [6, 6.07) is 0. The third-order valence-electron chi connectivity index (χ3n) is 4.43. The molecule has 0 saturated carbocycles. The van der Waals surface area contributed by atoms with Gasteiger partial charge in [-0.2, -0.15) is 0 Å². The molecular formula is C18H35NO3. The predicted molar refractivity (Wildman–Crippen MR) is 89.5 cm³/mol. The summed E-state index contributed by atoms with van der Waals surface area (Å²) in [6.07, 6.45) is 1.58. The van der Waals surface area contributed by atoms with Crippen LogP contribution in [0.3, 0.4) is 0 Å². The van der Waals surface area contributed by atoms with E-state index in [0.717, 1.165) is 12.8 Å². The van der Waals surface area contributed by atoms with Gasteiger partial charge in [-0.15, -0.1) is 0 Å². The third kappa shape index (κ3) is 4.69. The quantitative estimate of drug-likeness (QED) is 0.807. The zero-order chi connectivity index (χ0) is 17.3. The fourth-order valence-electron chi connectivity index (χ4n) is 3.32. The van der Waals surface area contributed by atoms with Crippen molar-refractivity contribution in [3.05, 3.63) is 0 Å². The SMILES string of the molecule is CO[C@@H](NC(=O)C(C)(C)C)[C@H]1CCC(C)(C)C(C(C)(C)C)O1. The van der Waals surface area contributed by atoms with Crippen molar-refractivity contribution in [3.63, 3.8) is 0 Å². The molecule has 3 atom stereocenters. The average molecular weight is 313 g/mol. The zero-order valence-corrected chi connectivity index (χ0v) is 15.9. The standard InChI is InChI=1S/C18H35NO3/c1-16(2,3)14-18(7,8)11-10-12(22-14)13(21-9)19-15(20)17(4,5)6/h12-14H,10-11H2,1-9H3,(H,19,20)/t12-,13-,14?/m1/s1. The molecule has 1 heterocycles. The van der Waals surface area contributed by atoms with Crippen molar-refractivity contribution in [1.29, 1.82) is 0 Å². The van der Waals surface area contributed by atoms with E-state index < -0.39 is 11.6 Å². The lowest BCUT2D eigenvalue weighted by Crippen LogP contribution is -2.56. The first-order valence-corrected chi connectivity index (χ1v) is 8.28. The molecule has 4 heteroatoms. The number of hydrogen-bond acceptors (Lipinski definition) is 3. The number of hydrogen-bond donors (Lipinski definition) is 1. The van der Waals surface area contributed by atoms with Crippen LogP contribution in [-0.4, -0.2) is 31.5 Å². The molecule has 0 aromatic heterocycles. The van der Waals surface area contributed by atoms with E-state index in [1.165, 1.54) is 0 Å². The Hall–Kier alpha value is -0.610. The molecule has 1 rings (SSSR count). The Morgan fingerprint density at radius 2 is 1.77 bits per heavy atom. The molecule has 1 aliphatic heterocycles. The summed E-state index contributed by atoms with van der Waals surface area (Å²) in [5.41, 5.74) is -0.260. The first kappa shape index (κ1) is 19.4. The molecule has 0 radical (unpaired) electrons. The summed E-state index contributed by atoms with van der Waals surface area (Å²) in [5, 5.41) is 2.99. The predicted octanol–water partition coefficient (Wildman–Crippen LogP) is 3.74. The van der Waals surface area contributed by atoms with E-state index in [-0.39, 0.29) is 28.9 Å². The molecule has 1 N–H and O–H groups in total. The van der Waals surface area contributed by atoms with Crippen molar-refractivity contribution in [2.75, 3.05) is 7.11 Å². The van der Waals surface area contributed by atoms with Gasteiger partial charge in [0.2, 0.25) is 5.91 Å². The average Bonchev–Trinajstić information content (AvgIpc) is 2.33. The van der Waals surface area contributed by atoms with Gasteiger partial charge in [-0.25, -0.2) is 0 Å².